The highest BCUT2D eigenvalue weighted by Crippen LogP contribution is 2.27. The number of rotatable bonds is 11. The highest BCUT2D eigenvalue weighted by Gasteiger charge is 2.37. The third-order valence-electron chi connectivity index (χ3n) is 6.15. The van der Waals surface area contributed by atoms with Gasteiger partial charge in [0.2, 0.25) is 5.91 Å². The Bertz CT molecular complexity index is 1110. The number of methoxy groups -OCH3 is 1. The number of hydrogen-bond donors (Lipinski definition) is 2. The lowest BCUT2D eigenvalue weighted by atomic mass is 9.95. The van der Waals surface area contributed by atoms with Crippen molar-refractivity contribution in [2.45, 2.75) is 65.6 Å². The molecule has 38 heavy (non-hydrogen) atoms. The smallest absolute Gasteiger partial charge is 0.408 e. The van der Waals surface area contributed by atoms with Gasteiger partial charge in [-0.3, -0.25) is 9.59 Å². The van der Waals surface area contributed by atoms with E-state index in [1.165, 1.54) is 4.90 Å². The number of benzene rings is 2. The predicted octanol–water partition coefficient (Wildman–Crippen LogP) is 5.81. The number of hydrogen-bond acceptors (Lipinski definition) is 5. The van der Waals surface area contributed by atoms with Crippen molar-refractivity contribution in [3.63, 3.8) is 0 Å². The summed E-state index contributed by atoms with van der Waals surface area (Å²) in [5.41, 5.74) is 1.29. The molecule has 2 rings (SSSR count). The first-order valence-electron chi connectivity index (χ1n) is 12.9. The summed E-state index contributed by atoms with van der Waals surface area (Å²) in [6.45, 7) is 15.0. The minimum absolute atomic E-state index is 0.200. The van der Waals surface area contributed by atoms with Crippen LogP contribution in [0.5, 0.6) is 5.75 Å². The van der Waals surface area contributed by atoms with Gasteiger partial charge >= 0.3 is 6.09 Å². The van der Waals surface area contributed by atoms with Crippen LogP contribution in [-0.2, 0) is 14.3 Å². The van der Waals surface area contributed by atoms with E-state index in [0.717, 1.165) is 5.56 Å². The maximum atomic E-state index is 14.0. The van der Waals surface area contributed by atoms with Gasteiger partial charge in [0.15, 0.2) is 0 Å². The highest BCUT2D eigenvalue weighted by molar-refractivity contribution is 5.99. The standard InChI is InChI=1S/C30H41N3O5/c1-9-20(4)25(32-29(36)38-30(5,6)7)28(35)33(11-3)26(22-14-12-13-21(10-2)19-22)27(34)31-23-15-17-24(37-8)18-16-23/h10,12-20,25-26H,2,9,11H2,1,3-8H3,(H,31,34)(H,32,36). The van der Waals surface area contributed by atoms with E-state index >= 15 is 0 Å². The van der Waals surface area contributed by atoms with Crippen LogP contribution < -0.4 is 15.4 Å². The average Bonchev–Trinajstić information content (AvgIpc) is 2.88. The first-order chi connectivity index (χ1) is 17.9. The molecule has 206 valence electrons. The zero-order valence-corrected chi connectivity index (χ0v) is 23.5. The number of amides is 3. The van der Waals surface area contributed by atoms with E-state index in [1.807, 2.05) is 39.0 Å². The minimum atomic E-state index is -0.957. The number of ether oxygens (including phenoxy) is 2. The zero-order valence-electron chi connectivity index (χ0n) is 23.5. The number of carbonyl (C=O) groups excluding carboxylic acids is 3. The maximum absolute atomic E-state index is 14.0. The van der Waals surface area contributed by atoms with Gasteiger partial charge in [-0.05, 0) is 75.1 Å². The lowest BCUT2D eigenvalue weighted by Gasteiger charge is -2.35. The van der Waals surface area contributed by atoms with Crippen molar-refractivity contribution in [3.8, 4) is 5.75 Å². The molecule has 0 radical (unpaired) electrons. The van der Waals surface area contributed by atoms with Crippen LogP contribution in [0.4, 0.5) is 10.5 Å². The molecular weight excluding hydrogens is 482 g/mol. The molecule has 8 heteroatoms. The van der Waals surface area contributed by atoms with Crippen molar-refractivity contribution >= 4 is 29.7 Å². The highest BCUT2D eigenvalue weighted by atomic mass is 16.6. The number of alkyl carbamates (subject to hydrolysis) is 1. The van der Waals surface area contributed by atoms with Crippen molar-refractivity contribution in [1.82, 2.24) is 10.2 Å². The van der Waals surface area contributed by atoms with Gasteiger partial charge < -0.3 is 25.0 Å². The van der Waals surface area contributed by atoms with Gasteiger partial charge in [-0.1, -0.05) is 51.1 Å². The first kappa shape index (κ1) is 30.4. The quantitative estimate of drug-likeness (QED) is 0.388. The molecule has 8 nitrogen and oxygen atoms in total. The maximum Gasteiger partial charge on any atom is 0.408 e. The van der Waals surface area contributed by atoms with E-state index in [4.69, 9.17) is 9.47 Å². The summed E-state index contributed by atoms with van der Waals surface area (Å²) in [7, 11) is 1.57. The molecule has 3 amide bonds. The molecule has 0 aliphatic heterocycles. The fourth-order valence-corrected chi connectivity index (χ4v) is 3.98. The Morgan fingerprint density at radius 1 is 1.08 bits per heavy atom. The molecule has 2 aromatic carbocycles. The summed E-state index contributed by atoms with van der Waals surface area (Å²) in [5, 5.41) is 5.68. The Morgan fingerprint density at radius 2 is 1.74 bits per heavy atom. The molecule has 3 atom stereocenters. The van der Waals surface area contributed by atoms with Gasteiger partial charge in [0.1, 0.15) is 23.4 Å². The molecule has 0 saturated heterocycles. The molecule has 0 aromatic heterocycles. The molecule has 0 spiro atoms. The van der Waals surface area contributed by atoms with Crippen LogP contribution in [0.3, 0.4) is 0 Å². The fourth-order valence-electron chi connectivity index (χ4n) is 3.98. The van der Waals surface area contributed by atoms with Gasteiger partial charge in [-0.2, -0.15) is 0 Å². The van der Waals surface area contributed by atoms with Crippen LogP contribution >= 0.6 is 0 Å². The normalized spacial score (nSPS) is 13.4. The summed E-state index contributed by atoms with van der Waals surface area (Å²) >= 11 is 0. The Hall–Kier alpha value is -3.81. The predicted molar refractivity (Wildman–Crippen MR) is 151 cm³/mol. The summed E-state index contributed by atoms with van der Waals surface area (Å²) < 4.78 is 10.6. The second-order valence-electron chi connectivity index (χ2n) is 10.1. The SMILES string of the molecule is C=Cc1cccc(C(C(=O)Nc2ccc(OC)cc2)N(CC)C(=O)C(NC(=O)OC(C)(C)C)C(C)CC)c1. The number of anilines is 1. The van der Waals surface area contributed by atoms with E-state index in [9.17, 15) is 14.4 Å². The van der Waals surface area contributed by atoms with E-state index in [0.29, 0.717) is 23.4 Å². The monoisotopic (exact) mass is 523 g/mol. The van der Waals surface area contributed by atoms with Crippen LogP contribution in [0.15, 0.2) is 55.1 Å². The molecule has 0 heterocycles. The zero-order chi connectivity index (χ0) is 28.5. The van der Waals surface area contributed by atoms with Crippen LogP contribution in [0.1, 0.15) is 65.1 Å². The molecule has 0 bridgehead atoms. The van der Waals surface area contributed by atoms with E-state index < -0.39 is 23.8 Å². The molecule has 3 unspecified atom stereocenters. The number of carbonyl (C=O) groups is 3. The summed E-state index contributed by atoms with van der Waals surface area (Å²) in [6, 6.07) is 12.5. The van der Waals surface area contributed by atoms with Crippen LogP contribution in [0.25, 0.3) is 6.08 Å². The second kappa shape index (κ2) is 13.7. The third kappa shape index (κ3) is 8.36. The molecule has 0 aliphatic carbocycles. The van der Waals surface area contributed by atoms with Crippen LogP contribution in [0.2, 0.25) is 0 Å². The van der Waals surface area contributed by atoms with Crippen molar-refractivity contribution in [2.75, 3.05) is 19.0 Å². The molecule has 0 fully saturated rings. The minimum Gasteiger partial charge on any atom is -0.497 e. The van der Waals surface area contributed by atoms with Crippen molar-refractivity contribution in [3.05, 3.63) is 66.2 Å². The van der Waals surface area contributed by atoms with Crippen molar-refractivity contribution < 1.29 is 23.9 Å². The number of nitrogens with zero attached hydrogens (tertiary/aromatic N) is 1. The lowest BCUT2D eigenvalue weighted by Crippen LogP contribution is -2.54. The molecule has 2 aromatic rings. The van der Waals surface area contributed by atoms with Crippen LogP contribution in [-0.4, -0.2) is 48.1 Å². The van der Waals surface area contributed by atoms with Crippen molar-refractivity contribution in [2.24, 2.45) is 5.92 Å². The molecule has 0 aliphatic rings. The van der Waals surface area contributed by atoms with Gasteiger partial charge in [-0.25, -0.2) is 4.79 Å². The van der Waals surface area contributed by atoms with E-state index in [-0.39, 0.29) is 24.3 Å². The van der Waals surface area contributed by atoms with E-state index in [2.05, 4.69) is 17.2 Å². The Labute approximate surface area is 226 Å². The average molecular weight is 524 g/mol. The van der Waals surface area contributed by atoms with E-state index in [1.54, 1.807) is 64.3 Å². The molecule has 2 N–H and O–H groups in total. The second-order valence-corrected chi connectivity index (χ2v) is 10.1. The Balaban J connectivity index is 2.49. The lowest BCUT2D eigenvalue weighted by molar-refractivity contribution is -0.141. The first-order valence-corrected chi connectivity index (χ1v) is 12.9. The van der Waals surface area contributed by atoms with Crippen LogP contribution in [0, 0.1) is 5.92 Å². The number of nitrogens with one attached hydrogen (secondary N) is 2. The van der Waals surface area contributed by atoms with Gasteiger partial charge in [-0.15, -0.1) is 0 Å². The number of likely N-dealkylation sites (N-methyl/N-ethyl adjacent to an activating group) is 1. The van der Waals surface area contributed by atoms with Crippen molar-refractivity contribution in [1.29, 1.82) is 0 Å². The molecule has 0 saturated carbocycles. The largest absolute Gasteiger partial charge is 0.497 e. The summed E-state index contributed by atoms with van der Waals surface area (Å²) in [5.74, 6) is -0.291. The van der Waals surface area contributed by atoms with Gasteiger partial charge in [0, 0.05) is 12.2 Å². The van der Waals surface area contributed by atoms with Gasteiger partial charge in [0.25, 0.3) is 5.91 Å². The summed E-state index contributed by atoms with van der Waals surface area (Å²) in [6.07, 6.45) is 1.64. The fraction of sp³-hybridized carbons (Fsp3) is 0.433. The van der Waals surface area contributed by atoms with Gasteiger partial charge in [0.05, 0.1) is 7.11 Å². The topological polar surface area (TPSA) is 97.0 Å². The summed E-state index contributed by atoms with van der Waals surface area (Å²) in [4.78, 5) is 41.9. The Morgan fingerprint density at radius 3 is 2.26 bits per heavy atom. The Kier molecular flexibility index (Phi) is 10.9. The molecular formula is C30H41N3O5. The third-order valence-corrected chi connectivity index (χ3v) is 6.15.